The van der Waals surface area contributed by atoms with Crippen molar-refractivity contribution in [1.82, 2.24) is 4.98 Å². The number of nitrogens with one attached hydrogen (secondary N) is 1. The van der Waals surface area contributed by atoms with Gasteiger partial charge in [0.1, 0.15) is 5.82 Å². The molecule has 0 aliphatic rings. The van der Waals surface area contributed by atoms with E-state index in [0.29, 0.717) is 17.3 Å². The lowest BCUT2D eigenvalue weighted by atomic mass is 10.1. The van der Waals surface area contributed by atoms with E-state index in [1.807, 2.05) is 31.1 Å². The van der Waals surface area contributed by atoms with Crippen LogP contribution >= 0.6 is 11.6 Å². The number of halogens is 1. The summed E-state index contributed by atoms with van der Waals surface area (Å²) in [6.07, 6.45) is 1.74. The summed E-state index contributed by atoms with van der Waals surface area (Å²) in [6.45, 7) is 2.32. The second-order valence-electron chi connectivity index (χ2n) is 5.11. The number of nitro benzene ring substituents is 1. The maximum Gasteiger partial charge on any atom is 0.271 e. The topological polar surface area (TPSA) is 71.3 Å². The van der Waals surface area contributed by atoms with Crippen molar-refractivity contribution in [2.24, 2.45) is 0 Å². The minimum Gasteiger partial charge on any atom is -0.379 e. The van der Waals surface area contributed by atoms with Crippen LogP contribution in [0, 0.1) is 17.0 Å². The first-order chi connectivity index (χ1) is 10.4. The molecule has 2 rings (SSSR count). The van der Waals surface area contributed by atoms with E-state index in [1.54, 1.807) is 13.1 Å². The number of benzene rings is 1. The molecule has 0 radical (unpaired) electrons. The summed E-state index contributed by atoms with van der Waals surface area (Å²) in [7, 11) is 3.85. The highest BCUT2D eigenvalue weighted by Crippen LogP contribution is 2.31. The van der Waals surface area contributed by atoms with Gasteiger partial charge in [-0.05, 0) is 18.6 Å². The Hall–Kier alpha value is -2.34. The molecule has 0 unspecified atom stereocenters. The molecule has 0 saturated carbocycles. The predicted molar refractivity (Wildman–Crippen MR) is 88.7 cm³/mol. The highest BCUT2D eigenvalue weighted by Gasteiger charge is 2.14. The average Bonchev–Trinajstić information content (AvgIpc) is 2.46. The Balaban J connectivity index is 2.24. The lowest BCUT2D eigenvalue weighted by molar-refractivity contribution is -0.384. The number of nitrogens with zero attached hydrogens (tertiary/aromatic N) is 3. The third kappa shape index (κ3) is 3.46. The van der Waals surface area contributed by atoms with E-state index < -0.39 is 4.92 Å². The molecule has 6 nitrogen and oxygen atoms in total. The van der Waals surface area contributed by atoms with Crippen LogP contribution in [-0.4, -0.2) is 24.0 Å². The van der Waals surface area contributed by atoms with E-state index in [4.69, 9.17) is 11.6 Å². The van der Waals surface area contributed by atoms with Crippen molar-refractivity contribution in [3.8, 4) is 0 Å². The molecule has 0 bridgehead atoms. The van der Waals surface area contributed by atoms with E-state index >= 15 is 0 Å². The van der Waals surface area contributed by atoms with Gasteiger partial charge < -0.3 is 10.2 Å². The van der Waals surface area contributed by atoms with Gasteiger partial charge in [0.15, 0.2) is 0 Å². The van der Waals surface area contributed by atoms with Gasteiger partial charge >= 0.3 is 0 Å². The summed E-state index contributed by atoms with van der Waals surface area (Å²) in [4.78, 5) is 16.6. The number of hydrogen-bond donors (Lipinski definition) is 1. The fraction of sp³-hybridized carbons (Fsp3) is 0.267. The number of nitro groups is 1. The largest absolute Gasteiger partial charge is 0.379 e. The first kappa shape index (κ1) is 16.0. The van der Waals surface area contributed by atoms with Crippen molar-refractivity contribution in [3.63, 3.8) is 0 Å². The normalized spacial score (nSPS) is 10.4. The van der Waals surface area contributed by atoms with Gasteiger partial charge in [0.05, 0.1) is 15.6 Å². The fourth-order valence-electron chi connectivity index (χ4n) is 2.21. The third-order valence-electron chi connectivity index (χ3n) is 3.23. The highest BCUT2D eigenvalue weighted by atomic mass is 35.5. The molecule has 1 aromatic carbocycles. The summed E-state index contributed by atoms with van der Waals surface area (Å²) < 4.78 is 0. The summed E-state index contributed by atoms with van der Waals surface area (Å²) in [5.74, 6) is 0.866. The Morgan fingerprint density at radius 3 is 2.73 bits per heavy atom. The highest BCUT2D eigenvalue weighted by molar-refractivity contribution is 6.33. The second kappa shape index (κ2) is 6.62. The molecule has 0 aliphatic carbocycles. The van der Waals surface area contributed by atoms with Gasteiger partial charge in [0.25, 0.3) is 5.69 Å². The van der Waals surface area contributed by atoms with Crippen LogP contribution in [0.15, 0.2) is 30.5 Å². The zero-order valence-corrected chi connectivity index (χ0v) is 13.4. The maximum atomic E-state index is 10.8. The number of aromatic nitrogens is 1. The van der Waals surface area contributed by atoms with Crippen molar-refractivity contribution in [1.29, 1.82) is 0 Å². The number of hydrogen-bond acceptors (Lipinski definition) is 5. The van der Waals surface area contributed by atoms with Crippen molar-refractivity contribution in [3.05, 3.63) is 56.7 Å². The number of pyridine rings is 1. The Kier molecular flexibility index (Phi) is 4.82. The van der Waals surface area contributed by atoms with Crippen molar-refractivity contribution >= 4 is 28.8 Å². The molecule has 116 valence electrons. The van der Waals surface area contributed by atoms with Crippen molar-refractivity contribution in [2.45, 2.75) is 13.5 Å². The second-order valence-corrected chi connectivity index (χ2v) is 5.52. The number of aryl methyl sites for hydroxylation is 1. The zero-order valence-electron chi connectivity index (χ0n) is 12.6. The van der Waals surface area contributed by atoms with Crippen molar-refractivity contribution < 1.29 is 4.92 Å². The summed E-state index contributed by atoms with van der Waals surface area (Å²) in [5.41, 5.74) is 2.43. The van der Waals surface area contributed by atoms with Crippen LogP contribution in [-0.2, 0) is 6.54 Å². The molecule has 7 heteroatoms. The zero-order chi connectivity index (χ0) is 16.3. The third-order valence-corrected chi connectivity index (χ3v) is 3.53. The molecular formula is C15H17ClN4O2. The maximum absolute atomic E-state index is 10.8. The van der Waals surface area contributed by atoms with E-state index in [9.17, 15) is 10.1 Å². The van der Waals surface area contributed by atoms with Gasteiger partial charge in [-0.25, -0.2) is 4.98 Å². The fourth-order valence-corrected chi connectivity index (χ4v) is 2.54. The SMILES string of the molecule is Cc1cc([N+](=O)[O-])cc(Cl)c1NCc1cccnc1N(C)C. The number of non-ortho nitro benzene ring substituents is 1. The molecule has 0 spiro atoms. The van der Waals surface area contributed by atoms with Crippen LogP contribution in [0.1, 0.15) is 11.1 Å². The molecule has 2 aromatic rings. The first-order valence-corrected chi connectivity index (χ1v) is 7.07. The minimum absolute atomic E-state index is 0.0107. The molecule has 0 atom stereocenters. The molecule has 0 amide bonds. The predicted octanol–water partition coefficient (Wildman–Crippen LogP) is 3.63. The van der Waals surface area contributed by atoms with Gasteiger partial charge in [0.2, 0.25) is 0 Å². The Labute approximate surface area is 133 Å². The van der Waals surface area contributed by atoms with Crippen LogP contribution in [0.4, 0.5) is 17.2 Å². The van der Waals surface area contributed by atoms with Gasteiger partial charge in [-0.15, -0.1) is 0 Å². The van der Waals surface area contributed by atoms with Crippen LogP contribution < -0.4 is 10.2 Å². The molecule has 1 N–H and O–H groups in total. The number of anilines is 2. The van der Waals surface area contributed by atoms with E-state index in [-0.39, 0.29) is 5.69 Å². The standard InChI is InChI=1S/C15H17ClN4O2/c1-10-7-12(20(21)22)8-13(16)14(10)18-9-11-5-4-6-17-15(11)19(2)3/h4-8,18H,9H2,1-3H3. The lowest BCUT2D eigenvalue weighted by Crippen LogP contribution is -2.15. The van der Waals surface area contributed by atoms with Crippen molar-refractivity contribution in [2.75, 3.05) is 24.3 Å². The van der Waals surface area contributed by atoms with E-state index in [0.717, 1.165) is 16.9 Å². The quantitative estimate of drug-likeness (QED) is 0.673. The summed E-state index contributed by atoms with van der Waals surface area (Å²) in [5, 5.41) is 14.4. The Morgan fingerprint density at radius 1 is 1.41 bits per heavy atom. The molecular weight excluding hydrogens is 304 g/mol. The molecule has 1 heterocycles. The van der Waals surface area contributed by atoms with Gasteiger partial charge in [-0.3, -0.25) is 10.1 Å². The summed E-state index contributed by atoms with van der Waals surface area (Å²) >= 11 is 6.15. The van der Waals surface area contributed by atoms with Crippen LogP contribution in [0.2, 0.25) is 5.02 Å². The molecule has 22 heavy (non-hydrogen) atoms. The lowest BCUT2D eigenvalue weighted by Gasteiger charge is -2.17. The Bertz CT molecular complexity index is 681. The number of rotatable bonds is 5. The van der Waals surface area contributed by atoms with Crippen LogP contribution in [0.3, 0.4) is 0 Å². The summed E-state index contributed by atoms with van der Waals surface area (Å²) in [6, 6.07) is 6.70. The Morgan fingerprint density at radius 2 is 2.14 bits per heavy atom. The van der Waals surface area contributed by atoms with Crippen LogP contribution in [0.25, 0.3) is 0 Å². The molecule has 0 aliphatic heterocycles. The minimum atomic E-state index is -0.450. The molecule has 0 fully saturated rings. The van der Waals surface area contributed by atoms with E-state index in [2.05, 4.69) is 10.3 Å². The first-order valence-electron chi connectivity index (χ1n) is 6.69. The van der Waals surface area contributed by atoms with Gasteiger partial charge in [-0.2, -0.15) is 0 Å². The monoisotopic (exact) mass is 320 g/mol. The van der Waals surface area contributed by atoms with E-state index in [1.165, 1.54) is 12.1 Å². The van der Waals surface area contributed by atoms with Crippen LogP contribution in [0.5, 0.6) is 0 Å². The average molecular weight is 321 g/mol. The smallest absolute Gasteiger partial charge is 0.271 e. The molecule has 0 saturated heterocycles. The van der Waals surface area contributed by atoms with Gasteiger partial charge in [-0.1, -0.05) is 17.7 Å². The molecule has 1 aromatic heterocycles. The van der Waals surface area contributed by atoms with Gasteiger partial charge in [0, 0.05) is 44.5 Å².